The molecule has 0 saturated heterocycles. The van der Waals surface area contributed by atoms with Crippen LogP contribution in [-0.2, 0) is 0 Å². The van der Waals surface area contributed by atoms with E-state index < -0.39 is 11.7 Å². The van der Waals surface area contributed by atoms with Crippen molar-refractivity contribution in [2.45, 2.75) is 0 Å². The van der Waals surface area contributed by atoms with Crippen LogP contribution >= 0.6 is 27.3 Å². The fourth-order valence-electron chi connectivity index (χ4n) is 1.89. The van der Waals surface area contributed by atoms with Crippen molar-refractivity contribution in [3.8, 4) is 0 Å². The number of aromatic nitrogens is 1. The highest BCUT2D eigenvalue weighted by Gasteiger charge is 2.18. The first-order valence-electron chi connectivity index (χ1n) is 5.95. The number of hydrogen-bond donors (Lipinski definition) is 2. The minimum absolute atomic E-state index is 0.0965. The summed E-state index contributed by atoms with van der Waals surface area (Å²) < 4.78 is 15.2. The minimum Gasteiger partial charge on any atom is -0.396 e. The summed E-state index contributed by atoms with van der Waals surface area (Å²) in [5.41, 5.74) is 6.94. The fraction of sp³-hybridized carbons (Fsp3) is 0. The summed E-state index contributed by atoms with van der Waals surface area (Å²) in [6.07, 6.45) is 1.61. The molecule has 3 rings (SSSR count). The fourth-order valence-corrected chi connectivity index (χ4v) is 3.23. The highest BCUT2D eigenvalue weighted by molar-refractivity contribution is 9.10. The number of carbonyl (C=O) groups excluding carboxylic acids is 1. The van der Waals surface area contributed by atoms with Gasteiger partial charge in [0, 0.05) is 10.7 Å². The van der Waals surface area contributed by atoms with Crippen LogP contribution < -0.4 is 11.1 Å². The van der Waals surface area contributed by atoms with E-state index in [4.69, 9.17) is 5.73 Å². The van der Waals surface area contributed by atoms with Crippen molar-refractivity contribution in [1.82, 2.24) is 4.98 Å². The second kappa shape index (κ2) is 5.42. The molecule has 21 heavy (non-hydrogen) atoms. The molecule has 106 valence electrons. The summed E-state index contributed by atoms with van der Waals surface area (Å²) >= 11 is 4.46. The van der Waals surface area contributed by atoms with E-state index in [2.05, 4.69) is 26.2 Å². The molecular weight excluding hydrogens is 357 g/mol. The molecule has 3 N–H and O–H groups in total. The Hall–Kier alpha value is -1.99. The third-order valence-corrected chi connectivity index (χ3v) is 4.52. The Labute approximate surface area is 131 Å². The largest absolute Gasteiger partial charge is 0.396 e. The first kappa shape index (κ1) is 14.0. The third kappa shape index (κ3) is 2.62. The van der Waals surface area contributed by atoms with Gasteiger partial charge in [-0.1, -0.05) is 15.9 Å². The van der Waals surface area contributed by atoms with Gasteiger partial charge in [-0.3, -0.25) is 9.78 Å². The van der Waals surface area contributed by atoms with Crippen LogP contribution in [-0.4, -0.2) is 10.9 Å². The van der Waals surface area contributed by atoms with Crippen LogP contribution in [0.4, 0.5) is 15.8 Å². The molecular formula is C14H9BrFN3OS. The topological polar surface area (TPSA) is 68.0 Å². The van der Waals surface area contributed by atoms with Gasteiger partial charge >= 0.3 is 0 Å². The number of rotatable bonds is 2. The van der Waals surface area contributed by atoms with E-state index >= 15 is 0 Å². The van der Waals surface area contributed by atoms with Crippen LogP contribution in [0.1, 0.15) is 9.67 Å². The Balaban J connectivity index is 1.97. The predicted molar refractivity (Wildman–Crippen MR) is 86.1 cm³/mol. The number of halogens is 2. The first-order valence-corrected chi connectivity index (χ1v) is 7.56. The van der Waals surface area contributed by atoms with Gasteiger partial charge in [0.2, 0.25) is 0 Å². The van der Waals surface area contributed by atoms with Crippen molar-refractivity contribution in [3.63, 3.8) is 0 Å². The zero-order chi connectivity index (χ0) is 15.0. The standard InChI is InChI=1S/C14H9BrFN3OS/c15-7-3-4-8(16)9(6-7)19-14(20)13-11(17)12-10(21-13)2-1-5-18-12/h1-6H,17H2,(H,19,20). The molecule has 0 spiro atoms. The maximum atomic E-state index is 13.7. The van der Waals surface area contributed by atoms with Crippen molar-refractivity contribution in [3.05, 3.63) is 51.7 Å². The number of fused-ring (bicyclic) bond motifs is 1. The van der Waals surface area contributed by atoms with Gasteiger partial charge in [-0.2, -0.15) is 0 Å². The Morgan fingerprint density at radius 1 is 1.38 bits per heavy atom. The van der Waals surface area contributed by atoms with Gasteiger partial charge in [0.15, 0.2) is 0 Å². The number of pyridine rings is 1. The summed E-state index contributed by atoms with van der Waals surface area (Å²) in [5.74, 6) is -0.961. The van der Waals surface area contributed by atoms with Crippen LogP contribution in [0.5, 0.6) is 0 Å². The number of carbonyl (C=O) groups is 1. The van der Waals surface area contributed by atoms with Gasteiger partial charge < -0.3 is 11.1 Å². The zero-order valence-electron chi connectivity index (χ0n) is 10.6. The van der Waals surface area contributed by atoms with Gasteiger partial charge in [-0.15, -0.1) is 11.3 Å². The van der Waals surface area contributed by atoms with Gasteiger partial charge in [-0.25, -0.2) is 4.39 Å². The second-order valence-electron chi connectivity index (χ2n) is 4.27. The van der Waals surface area contributed by atoms with Gasteiger partial charge in [0.1, 0.15) is 16.2 Å². The number of amides is 1. The smallest absolute Gasteiger partial charge is 0.268 e. The van der Waals surface area contributed by atoms with E-state index in [9.17, 15) is 9.18 Å². The lowest BCUT2D eigenvalue weighted by atomic mass is 10.2. The maximum absolute atomic E-state index is 13.7. The molecule has 3 aromatic rings. The van der Waals surface area contributed by atoms with Gasteiger partial charge in [0.25, 0.3) is 5.91 Å². The van der Waals surface area contributed by atoms with Crippen molar-refractivity contribution < 1.29 is 9.18 Å². The monoisotopic (exact) mass is 365 g/mol. The van der Waals surface area contributed by atoms with Crippen LogP contribution in [0, 0.1) is 5.82 Å². The molecule has 0 aliphatic carbocycles. The van der Waals surface area contributed by atoms with Gasteiger partial charge in [-0.05, 0) is 30.3 Å². The number of anilines is 2. The number of nitrogens with two attached hydrogens (primary N) is 1. The first-order chi connectivity index (χ1) is 10.1. The lowest BCUT2D eigenvalue weighted by Crippen LogP contribution is -2.13. The number of benzene rings is 1. The van der Waals surface area contributed by atoms with E-state index in [0.717, 1.165) is 4.70 Å². The van der Waals surface area contributed by atoms with Crippen molar-refractivity contribution in [1.29, 1.82) is 0 Å². The van der Waals surface area contributed by atoms with E-state index in [-0.39, 0.29) is 5.69 Å². The Bertz CT molecular complexity index is 849. The molecule has 1 aromatic carbocycles. The van der Waals surface area contributed by atoms with Crippen molar-refractivity contribution in [2.24, 2.45) is 0 Å². The summed E-state index contributed by atoms with van der Waals surface area (Å²) in [4.78, 5) is 16.7. The van der Waals surface area contributed by atoms with Crippen molar-refractivity contribution >= 4 is 54.8 Å². The molecule has 0 fully saturated rings. The van der Waals surface area contributed by atoms with E-state index in [0.29, 0.717) is 20.6 Å². The zero-order valence-corrected chi connectivity index (χ0v) is 13.0. The molecule has 2 aromatic heterocycles. The molecule has 0 saturated carbocycles. The molecule has 0 aliphatic heterocycles. The number of hydrogen-bond acceptors (Lipinski definition) is 4. The summed E-state index contributed by atoms with van der Waals surface area (Å²) in [6, 6.07) is 7.93. The normalized spacial score (nSPS) is 10.8. The molecule has 0 bridgehead atoms. The SMILES string of the molecule is Nc1c(C(=O)Nc2cc(Br)ccc2F)sc2cccnc12. The molecule has 7 heteroatoms. The minimum atomic E-state index is -0.510. The number of nitrogens with one attached hydrogen (secondary N) is 1. The Kier molecular flexibility index (Phi) is 3.60. The molecule has 0 aliphatic rings. The lowest BCUT2D eigenvalue weighted by molar-refractivity contribution is 0.103. The van der Waals surface area contributed by atoms with Crippen molar-refractivity contribution in [2.75, 3.05) is 11.1 Å². The quantitative estimate of drug-likeness (QED) is 0.720. The second-order valence-corrected chi connectivity index (χ2v) is 6.24. The molecule has 0 unspecified atom stereocenters. The summed E-state index contributed by atoms with van der Waals surface area (Å²) in [5, 5.41) is 2.53. The Morgan fingerprint density at radius 3 is 2.95 bits per heavy atom. The van der Waals surface area contributed by atoms with Crippen LogP contribution in [0.15, 0.2) is 41.0 Å². The highest BCUT2D eigenvalue weighted by atomic mass is 79.9. The summed E-state index contributed by atoms with van der Waals surface area (Å²) in [6.45, 7) is 0. The van der Waals surface area contributed by atoms with Crippen LogP contribution in [0.25, 0.3) is 10.2 Å². The van der Waals surface area contributed by atoms with E-state index in [1.54, 1.807) is 18.3 Å². The molecule has 0 radical (unpaired) electrons. The third-order valence-electron chi connectivity index (χ3n) is 2.87. The molecule has 0 atom stereocenters. The highest BCUT2D eigenvalue weighted by Crippen LogP contribution is 2.32. The number of nitrogens with zero attached hydrogens (tertiary/aromatic N) is 1. The molecule has 4 nitrogen and oxygen atoms in total. The average Bonchev–Trinajstić information content (AvgIpc) is 2.81. The molecule has 2 heterocycles. The lowest BCUT2D eigenvalue weighted by Gasteiger charge is -2.06. The van der Waals surface area contributed by atoms with Crippen LogP contribution in [0.2, 0.25) is 0 Å². The number of nitrogen functional groups attached to an aromatic ring is 1. The van der Waals surface area contributed by atoms with E-state index in [1.807, 2.05) is 6.07 Å². The average molecular weight is 366 g/mol. The predicted octanol–water partition coefficient (Wildman–Crippen LogP) is 4.03. The van der Waals surface area contributed by atoms with E-state index in [1.165, 1.54) is 23.5 Å². The number of thiophene rings is 1. The Morgan fingerprint density at radius 2 is 2.19 bits per heavy atom. The van der Waals surface area contributed by atoms with Crippen LogP contribution in [0.3, 0.4) is 0 Å². The maximum Gasteiger partial charge on any atom is 0.268 e. The molecule has 1 amide bonds. The summed E-state index contributed by atoms with van der Waals surface area (Å²) in [7, 11) is 0. The van der Waals surface area contributed by atoms with Gasteiger partial charge in [0.05, 0.1) is 16.1 Å².